The van der Waals surface area contributed by atoms with Crippen molar-refractivity contribution in [2.24, 2.45) is 0 Å². The molecule has 0 saturated carbocycles. The van der Waals surface area contributed by atoms with Crippen LogP contribution < -0.4 is 10.1 Å². The van der Waals surface area contributed by atoms with Gasteiger partial charge in [0.2, 0.25) is 5.91 Å². The molecule has 1 aromatic carbocycles. The highest BCUT2D eigenvalue weighted by molar-refractivity contribution is 9.10. The van der Waals surface area contributed by atoms with Crippen LogP contribution >= 0.6 is 27.5 Å². The number of rotatable bonds is 6. The smallest absolute Gasteiger partial charge is 0.239 e. The first kappa shape index (κ1) is 17.7. The minimum atomic E-state index is -0.136. The van der Waals surface area contributed by atoms with Crippen LogP contribution in [0.25, 0.3) is 0 Å². The first-order valence-electron chi connectivity index (χ1n) is 6.90. The van der Waals surface area contributed by atoms with Crippen LogP contribution in [0.1, 0.15) is 5.56 Å². The summed E-state index contributed by atoms with van der Waals surface area (Å²) in [7, 11) is 3.47. The maximum Gasteiger partial charge on any atom is 0.239 e. The highest BCUT2D eigenvalue weighted by Gasteiger charge is 2.11. The lowest BCUT2D eigenvalue weighted by Gasteiger charge is -2.18. The Kier molecular flexibility index (Phi) is 6.38. The molecule has 5 nitrogen and oxygen atoms in total. The topological polar surface area (TPSA) is 54.5 Å². The maximum atomic E-state index is 12.1. The summed E-state index contributed by atoms with van der Waals surface area (Å²) in [6, 6.07) is 8.99. The summed E-state index contributed by atoms with van der Waals surface area (Å²) < 4.78 is 6.17. The molecule has 0 atom stereocenters. The molecule has 0 unspecified atom stereocenters. The number of halogens is 2. The van der Waals surface area contributed by atoms with E-state index in [2.05, 4.69) is 26.2 Å². The molecule has 0 spiro atoms. The van der Waals surface area contributed by atoms with Crippen molar-refractivity contribution in [2.45, 2.75) is 6.54 Å². The Labute approximate surface area is 148 Å². The Balaban J connectivity index is 1.93. The molecule has 1 N–H and O–H groups in total. The molecule has 0 aliphatic rings. The molecule has 1 aromatic heterocycles. The fourth-order valence-corrected chi connectivity index (χ4v) is 2.52. The van der Waals surface area contributed by atoms with Gasteiger partial charge in [-0.05, 0) is 53.3 Å². The lowest BCUT2D eigenvalue weighted by molar-refractivity contribution is -0.117. The molecular weight excluding hydrogens is 382 g/mol. The number of carbonyl (C=O) groups is 1. The van der Waals surface area contributed by atoms with E-state index >= 15 is 0 Å². The summed E-state index contributed by atoms with van der Waals surface area (Å²) in [6.07, 6.45) is 1.64. The Hall–Kier alpha value is -1.63. The van der Waals surface area contributed by atoms with Gasteiger partial charge in [0.05, 0.1) is 13.7 Å². The molecule has 0 fully saturated rings. The van der Waals surface area contributed by atoms with Crippen molar-refractivity contribution in [3.8, 4) is 5.75 Å². The first-order valence-corrected chi connectivity index (χ1v) is 8.07. The molecule has 1 heterocycles. The lowest BCUT2D eigenvalue weighted by Crippen LogP contribution is -2.30. The number of nitrogens with zero attached hydrogens (tertiary/aromatic N) is 2. The van der Waals surface area contributed by atoms with E-state index in [4.69, 9.17) is 16.3 Å². The van der Waals surface area contributed by atoms with E-state index in [1.54, 1.807) is 25.4 Å². The molecule has 0 saturated heterocycles. The fourth-order valence-electron chi connectivity index (χ4n) is 2.09. The van der Waals surface area contributed by atoms with Gasteiger partial charge in [-0.3, -0.25) is 9.69 Å². The highest BCUT2D eigenvalue weighted by atomic mass is 79.9. The van der Waals surface area contributed by atoms with Gasteiger partial charge in [0.25, 0.3) is 0 Å². The molecule has 122 valence electrons. The van der Waals surface area contributed by atoms with Gasteiger partial charge in [-0.1, -0.05) is 11.6 Å². The lowest BCUT2D eigenvalue weighted by atomic mass is 10.2. The first-order chi connectivity index (χ1) is 11.0. The van der Waals surface area contributed by atoms with Crippen LogP contribution in [0.5, 0.6) is 5.75 Å². The van der Waals surface area contributed by atoms with Crippen molar-refractivity contribution in [3.05, 3.63) is 51.6 Å². The van der Waals surface area contributed by atoms with Gasteiger partial charge in [-0.2, -0.15) is 0 Å². The fraction of sp³-hybridized carbons (Fsp3) is 0.250. The number of methoxy groups -OCH3 is 1. The van der Waals surface area contributed by atoms with Crippen molar-refractivity contribution in [1.82, 2.24) is 9.88 Å². The Morgan fingerprint density at radius 1 is 1.39 bits per heavy atom. The van der Waals surface area contributed by atoms with E-state index in [-0.39, 0.29) is 12.5 Å². The average Bonchev–Trinajstić information content (AvgIpc) is 2.49. The molecule has 0 aliphatic heterocycles. The predicted octanol–water partition coefficient (Wildman–Crippen LogP) is 3.58. The van der Waals surface area contributed by atoms with E-state index in [1.165, 1.54) is 0 Å². The second-order valence-corrected chi connectivity index (χ2v) is 6.39. The maximum absolute atomic E-state index is 12.1. The van der Waals surface area contributed by atoms with Crippen LogP contribution in [0, 0.1) is 0 Å². The standard InChI is InChI=1S/C16H17BrClN3O2/c1-21(9-11-7-13(18)4-5-14(11)23-2)10-16(22)20-15-6-3-12(17)8-19-15/h3-8H,9-10H2,1-2H3,(H,19,20,22). The molecule has 0 aliphatic carbocycles. The Morgan fingerprint density at radius 2 is 2.17 bits per heavy atom. The number of benzene rings is 1. The number of hydrogen-bond acceptors (Lipinski definition) is 4. The number of ether oxygens (including phenoxy) is 1. The van der Waals surface area contributed by atoms with Crippen LogP contribution in [0.3, 0.4) is 0 Å². The SMILES string of the molecule is COc1ccc(Cl)cc1CN(C)CC(=O)Nc1ccc(Br)cn1. The van der Waals surface area contributed by atoms with Gasteiger partial charge in [-0.15, -0.1) is 0 Å². The molecule has 2 rings (SSSR count). The third-order valence-corrected chi connectivity index (χ3v) is 3.80. The molecule has 0 bridgehead atoms. The summed E-state index contributed by atoms with van der Waals surface area (Å²) in [6.45, 7) is 0.776. The van der Waals surface area contributed by atoms with E-state index in [0.29, 0.717) is 17.4 Å². The molecular formula is C16H17BrClN3O2. The van der Waals surface area contributed by atoms with E-state index < -0.39 is 0 Å². The summed E-state index contributed by atoms with van der Waals surface area (Å²) in [5, 5.41) is 3.39. The molecule has 1 amide bonds. The van der Waals surface area contributed by atoms with Crippen LogP contribution in [-0.4, -0.2) is 36.5 Å². The van der Waals surface area contributed by atoms with Gasteiger partial charge >= 0.3 is 0 Å². The third kappa shape index (κ3) is 5.49. The molecule has 23 heavy (non-hydrogen) atoms. The van der Waals surface area contributed by atoms with E-state index in [1.807, 2.05) is 30.1 Å². The Bertz CT molecular complexity index is 680. The summed E-state index contributed by atoms with van der Waals surface area (Å²) in [5.41, 5.74) is 0.928. The van der Waals surface area contributed by atoms with Crippen molar-refractivity contribution in [1.29, 1.82) is 0 Å². The van der Waals surface area contributed by atoms with Crippen molar-refractivity contribution in [2.75, 3.05) is 26.0 Å². The van der Waals surface area contributed by atoms with Gasteiger partial charge in [0.15, 0.2) is 0 Å². The van der Waals surface area contributed by atoms with Crippen LogP contribution in [0.4, 0.5) is 5.82 Å². The number of pyridine rings is 1. The monoisotopic (exact) mass is 397 g/mol. The van der Waals surface area contributed by atoms with Gasteiger partial charge in [0.1, 0.15) is 11.6 Å². The Morgan fingerprint density at radius 3 is 2.83 bits per heavy atom. The number of hydrogen-bond donors (Lipinski definition) is 1. The van der Waals surface area contributed by atoms with Gasteiger partial charge < -0.3 is 10.1 Å². The van der Waals surface area contributed by atoms with Crippen molar-refractivity contribution in [3.63, 3.8) is 0 Å². The number of carbonyl (C=O) groups excluding carboxylic acids is 1. The number of aromatic nitrogens is 1. The van der Waals surface area contributed by atoms with Crippen LogP contribution in [-0.2, 0) is 11.3 Å². The molecule has 0 radical (unpaired) electrons. The van der Waals surface area contributed by atoms with Crippen LogP contribution in [0.2, 0.25) is 5.02 Å². The summed E-state index contributed by atoms with van der Waals surface area (Å²) >= 11 is 9.32. The zero-order valence-corrected chi connectivity index (χ0v) is 15.2. The average molecular weight is 399 g/mol. The van der Waals surface area contributed by atoms with Gasteiger partial charge in [0, 0.05) is 27.8 Å². The number of anilines is 1. The third-order valence-electron chi connectivity index (χ3n) is 3.09. The van der Waals surface area contributed by atoms with E-state index in [0.717, 1.165) is 15.8 Å². The zero-order valence-electron chi connectivity index (χ0n) is 12.8. The normalized spacial score (nSPS) is 10.7. The van der Waals surface area contributed by atoms with Crippen molar-refractivity contribution >= 4 is 39.3 Å². The van der Waals surface area contributed by atoms with Crippen molar-refractivity contribution < 1.29 is 9.53 Å². The number of likely N-dealkylation sites (N-methyl/N-ethyl adjacent to an activating group) is 1. The predicted molar refractivity (Wildman–Crippen MR) is 94.9 cm³/mol. The minimum absolute atomic E-state index is 0.136. The van der Waals surface area contributed by atoms with E-state index in [9.17, 15) is 4.79 Å². The highest BCUT2D eigenvalue weighted by Crippen LogP contribution is 2.23. The minimum Gasteiger partial charge on any atom is -0.496 e. The van der Waals surface area contributed by atoms with Gasteiger partial charge in [-0.25, -0.2) is 4.98 Å². The quantitative estimate of drug-likeness (QED) is 0.808. The summed E-state index contributed by atoms with van der Waals surface area (Å²) in [5.74, 6) is 1.13. The molecule has 7 heteroatoms. The second-order valence-electron chi connectivity index (χ2n) is 5.04. The number of amides is 1. The summed E-state index contributed by atoms with van der Waals surface area (Å²) in [4.78, 5) is 18.0. The largest absolute Gasteiger partial charge is 0.496 e. The molecule has 2 aromatic rings. The second kappa shape index (κ2) is 8.29. The number of nitrogens with one attached hydrogen (secondary N) is 1. The van der Waals surface area contributed by atoms with Crippen LogP contribution in [0.15, 0.2) is 41.0 Å². The zero-order chi connectivity index (χ0) is 16.8.